The van der Waals surface area contributed by atoms with Crippen LogP contribution in [0.4, 0.5) is 5.69 Å². The van der Waals surface area contributed by atoms with E-state index in [0.29, 0.717) is 23.9 Å². The predicted molar refractivity (Wildman–Crippen MR) is 80.3 cm³/mol. The molecule has 2 unspecified atom stereocenters. The Morgan fingerprint density at radius 1 is 1.42 bits per heavy atom. The van der Waals surface area contributed by atoms with Gasteiger partial charge in [0, 0.05) is 28.8 Å². The maximum atomic E-state index is 11.8. The smallest absolute Gasteiger partial charge is 0.236 e. The minimum absolute atomic E-state index is 0.0449. The Labute approximate surface area is 117 Å². The third-order valence-electron chi connectivity index (χ3n) is 2.97. The van der Waals surface area contributed by atoms with Gasteiger partial charge in [-0.3, -0.25) is 9.00 Å². The lowest BCUT2D eigenvalue weighted by Gasteiger charge is -2.11. The van der Waals surface area contributed by atoms with Gasteiger partial charge in [0.25, 0.3) is 0 Å². The lowest BCUT2D eigenvalue weighted by molar-refractivity contribution is -0.113. The number of nitrogens with one attached hydrogen (secondary N) is 1. The number of anilines is 1. The first-order valence-corrected chi connectivity index (χ1v) is 7.98. The maximum absolute atomic E-state index is 11.8. The van der Waals surface area contributed by atoms with Crippen LogP contribution in [-0.4, -0.2) is 21.6 Å². The summed E-state index contributed by atoms with van der Waals surface area (Å²) < 4.78 is 11.8. The van der Waals surface area contributed by atoms with Crippen molar-refractivity contribution in [2.45, 2.75) is 26.8 Å². The Balaban J connectivity index is 2.53. The monoisotopic (exact) mass is 282 g/mol. The van der Waals surface area contributed by atoms with Gasteiger partial charge in [0.05, 0.1) is 0 Å². The fourth-order valence-corrected chi connectivity index (χ4v) is 3.00. The number of hydrogen-bond donors (Lipinski definition) is 2. The zero-order valence-electron chi connectivity index (χ0n) is 11.5. The van der Waals surface area contributed by atoms with Gasteiger partial charge in [-0.2, -0.15) is 0 Å². The van der Waals surface area contributed by atoms with E-state index in [0.717, 1.165) is 12.0 Å². The number of amides is 1. The molecule has 0 aromatic heterocycles. The molecule has 0 saturated carbocycles. The molecule has 0 aliphatic heterocycles. The molecule has 4 nitrogen and oxygen atoms in total. The Morgan fingerprint density at radius 3 is 2.74 bits per heavy atom. The molecule has 5 heteroatoms. The van der Waals surface area contributed by atoms with Gasteiger partial charge in [0.1, 0.15) is 5.75 Å². The second-order valence-corrected chi connectivity index (χ2v) is 6.18. The predicted octanol–water partition coefficient (Wildman–Crippen LogP) is 1.88. The zero-order valence-corrected chi connectivity index (χ0v) is 12.3. The fraction of sp³-hybridized carbons (Fsp3) is 0.500. The van der Waals surface area contributed by atoms with Gasteiger partial charge < -0.3 is 11.1 Å². The average Bonchev–Trinajstić information content (AvgIpc) is 2.38. The molecule has 1 amide bonds. The highest BCUT2D eigenvalue weighted by Crippen LogP contribution is 2.14. The first-order valence-electron chi connectivity index (χ1n) is 6.49. The number of carbonyl (C=O) groups excluding carboxylic acids is 1. The minimum atomic E-state index is -1.11. The summed E-state index contributed by atoms with van der Waals surface area (Å²) in [6.07, 6.45) is 0.976. The van der Waals surface area contributed by atoms with E-state index in [2.05, 4.69) is 12.2 Å². The Morgan fingerprint density at radius 2 is 2.11 bits per heavy atom. The third-order valence-corrected chi connectivity index (χ3v) is 4.50. The second kappa shape index (κ2) is 8.07. The van der Waals surface area contributed by atoms with Crippen LogP contribution in [0.25, 0.3) is 0 Å². The zero-order chi connectivity index (χ0) is 14.3. The number of carbonyl (C=O) groups is 1. The molecule has 0 spiro atoms. The van der Waals surface area contributed by atoms with Crippen molar-refractivity contribution in [1.82, 2.24) is 0 Å². The largest absolute Gasteiger partial charge is 0.326 e. The Hall–Kier alpha value is -1.20. The summed E-state index contributed by atoms with van der Waals surface area (Å²) in [6.45, 7) is 4.46. The summed E-state index contributed by atoms with van der Waals surface area (Å²) in [4.78, 5) is 11.8. The fourth-order valence-electron chi connectivity index (χ4n) is 1.65. The van der Waals surface area contributed by atoms with E-state index in [1.165, 1.54) is 0 Å². The number of hydrogen-bond acceptors (Lipinski definition) is 3. The van der Waals surface area contributed by atoms with Crippen LogP contribution >= 0.6 is 0 Å². The third kappa shape index (κ3) is 5.53. The normalized spacial score (nSPS) is 13.8. The number of benzene rings is 1. The van der Waals surface area contributed by atoms with Crippen molar-refractivity contribution in [3.05, 3.63) is 29.8 Å². The molecular formula is C14H22N2O2S. The molecule has 3 N–H and O–H groups in total. The number of rotatable bonds is 7. The molecular weight excluding hydrogens is 260 g/mol. The van der Waals surface area contributed by atoms with Crippen LogP contribution in [0, 0.1) is 5.92 Å². The topological polar surface area (TPSA) is 72.2 Å². The van der Waals surface area contributed by atoms with Crippen molar-refractivity contribution >= 4 is 22.4 Å². The van der Waals surface area contributed by atoms with Crippen molar-refractivity contribution in [3.63, 3.8) is 0 Å². The second-order valence-electron chi connectivity index (χ2n) is 4.67. The first-order chi connectivity index (χ1) is 9.06. The first kappa shape index (κ1) is 15.9. The van der Waals surface area contributed by atoms with Gasteiger partial charge in [-0.25, -0.2) is 0 Å². The van der Waals surface area contributed by atoms with Crippen LogP contribution in [0.15, 0.2) is 24.3 Å². The van der Waals surface area contributed by atoms with E-state index >= 15 is 0 Å². The number of para-hydroxylation sites is 1. The summed E-state index contributed by atoms with van der Waals surface area (Å²) >= 11 is 0. The molecule has 0 radical (unpaired) electrons. The van der Waals surface area contributed by atoms with Crippen molar-refractivity contribution in [1.29, 1.82) is 0 Å². The van der Waals surface area contributed by atoms with Gasteiger partial charge in [0.15, 0.2) is 0 Å². The Kier molecular flexibility index (Phi) is 6.73. The van der Waals surface area contributed by atoms with Crippen LogP contribution in [0.5, 0.6) is 0 Å². The van der Waals surface area contributed by atoms with Crippen LogP contribution in [0.2, 0.25) is 0 Å². The van der Waals surface area contributed by atoms with Gasteiger partial charge in [0.2, 0.25) is 5.91 Å². The lowest BCUT2D eigenvalue weighted by atomic mass is 10.2. The standard InChI is InChI=1S/C14H22N2O2S/c1-3-11(2)9-19(18)10-14(17)16-13-7-5-4-6-12(13)8-15/h4-7,11H,3,8-10,15H2,1-2H3,(H,16,17). The molecule has 19 heavy (non-hydrogen) atoms. The summed E-state index contributed by atoms with van der Waals surface area (Å²) in [5, 5.41) is 2.77. The maximum Gasteiger partial charge on any atom is 0.236 e. The van der Waals surface area contributed by atoms with Crippen LogP contribution in [-0.2, 0) is 22.1 Å². The molecule has 2 atom stereocenters. The highest BCUT2D eigenvalue weighted by atomic mass is 32.2. The van der Waals surface area contributed by atoms with Crippen molar-refractivity contribution < 1.29 is 9.00 Å². The van der Waals surface area contributed by atoms with Gasteiger partial charge in [-0.05, 0) is 17.5 Å². The van der Waals surface area contributed by atoms with Gasteiger partial charge >= 0.3 is 0 Å². The molecule has 0 bridgehead atoms. The molecule has 0 aliphatic carbocycles. The van der Waals surface area contributed by atoms with Gasteiger partial charge in [-0.1, -0.05) is 38.5 Å². The summed E-state index contributed by atoms with van der Waals surface area (Å²) in [5.41, 5.74) is 7.18. The molecule has 106 valence electrons. The average molecular weight is 282 g/mol. The minimum Gasteiger partial charge on any atom is -0.326 e. The Bertz CT molecular complexity index is 449. The number of nitrogens with two attached hydrogens (primary N) is 1. The summed E-state index contributed by atoms with van der Waals surface area (Å²) in [5.74, 6) is 0.776. The van der Waals surface area contributed by atoms with E-state index in [1.807, 2.05) is 25.1 Å². The van der Waals surface area contributed by atoms with E-state index in [-0.39, 0.29) is 11.7 Å². The lowest BCUT2D eigenvalue weighted by Crippen LogP contribution is -2.23. The quantitative estimate of drug-likeness (QED) is 0.802. The van der Waals surface area contributed by atoms with Crippen molar-refractivity contribution in [2.24, 2.45) is 11.7 Å². The highest BCUT2D eigenvalue weighted by Gasteiger charge is 2.12. The van der Waals surface area contributed by atoms with Crippen molar-refractivity contribution in [2.75, 3.05) is 16.8 Å². The highest BCUT2D eigenvalue weighted by molar-refractivity contribution is 7.85. The molecule has 0 saturated heterocycles. The molecule has 1 aromatic carbocycles. The molecule has 0 aliphatic rings. The molecule has 1 aromatic rings. The molecule has 0 heterocycles. The van der Waals surface area contributed by atoms with E-state index in [9.17, 15) is 9.00 Å². The van der Waals surface area contributed by atoms with E-state index in [4.69, 9.17) is 5.73 Å². The van der Waals surface area contributed by atoms with Crippen LogP contribution in [0.1, 0.15) is 25.8 Å². The van der Waals surface area contributed by atoms with E-state index in [1.54, 1.807) is 6.07 Å². The molecule has 1 rings (SSSR count). The molecule has 0 fully saturated rings. The van der Waals surface area contributed by atoms with E-state index < -0.39 is 10.8 Å². The van der Waals surface area contributed by atoms with Gasteiger partial charge in [-0.15, -0.1) is 0 Å². The van der Waals surface area contributed by atoms with Crippen LogP contribution < -0.4 is 11.1 Å². The summed E-state index contributed by atoms with van der Waals surface area (Å²) in [7, 11) is -1.11. The van der Waals surface area contributed by atoms with Crippen molar-refractivity contribution in [3.8, 4) is 0 Å². The van der Waals surface area contributed by atoms with Crippen LogP contribution in [0.3, 0.4) is 0 Å². The summed E-state index contributed by atoms with van der Waals surface area (Å²) in [6, 6.07) is 7.38. The SMILES string of the molecule is CCC(C)CS(=O)CC(=O)Nc1ccccc1CN.